The normalized spacial score (nSPS) is 18.5. The van der Waals surface area contributed by atoms with Gasteiger partial charge in [-0.1, -0.05) is 0 Å². The highest BCUT2D eigenvalue weighted by atomic mass is 16.3. The number of aliphatic hydroxyl groups is 1. The van der Waals surface area contributed by atoms with Crippen LogP contribution in [0.4, 0.5) is 5.69 Å². The minimum atomic E-state index is -0.638. The summed E-state index contributed by atoms with van der Waals surface area (Å²) < 4.78 is 0. The molecule has 0 aliphatic carbocycles. The first-order valence-electron chi connectivity index (χ1n) is 6.17. The molecule has 1 fully saturated rings. The second-order valence-electron chi connectivity index (χ2n) is 4.96. The minimum Gasteiger partial charge on any atom is -0.390 e. The molecule has 98 valence electrons. The molecule has 0 radical (unpaired) electrons. The van der Waals surface area contributed by atoms with Crippen LogP contribution >= 0.6 is 0 Å². The molecule has 5 heteroatoms. The number of nitrogens with zero attached hydrogens (tertiary/aromatic N) is 2. The Labute approximate surface area is 107 Å². The van der Waals surface area contributed by atoms with Crippen LogP contribution in [0.1, 0.15) is 30.1 Å². The van der Waals surface area contributed by atoms with Crippen LogP contribution < -0.4 is 5.32 Å². The number of anilines is 1. The number of aromatic nitrogens is 1. The second kappa shape index (κ2) is 4.94. The molecule has 5 nitrogen and oxygen atoms in total. The van der Waals surface area contributed by atoms with Crippen molar-refractivity contribution in [3.05, 3.63) is 24.0 Å². The van der Waals surface area contributed by atoms with E-state index in [2.05, 4.69) is 10.3 Å². The summed E-state index contributed by atoms with van der Waals surface area (Å²) >= 11 is 0. The van der Waals surface area contributed by atoms with E-state index in [1.165, 1.54) is 0 Å². The lowest BCUT2D eigenvalue weighted by Crippen LogP contribution is -2.45. The zero-order valence-electron chi connectivity index (χ0n) is 10.8. The van der Waals surface area contributed by atoms with Gasteiger partial charge in [-0.25, -0.2) is 0 Å². The summed E-state index contributed by atoms with van der Waals surface area (Å²) in [5.41, 5.74) is 0.731. The van der Waals surface area contributed by atoms with E-state index in [0.717, 1.165) is 5.69 Å². The number of likely N-dealkylation sites (tertiary alicyclic amines) is 1. The van der Waals surface area contributed by atoms with E-state index in [-0.39, 0.29) is 5.91 Å². The molecule has 0 atom stereocenters. The van der Waals surface area contributed by atoms with Gasteiger partial charge in [0.05, 0.1) is 23.0 Å². The SMILES string of the molecule is CNc1cnccc1C(=O)N1CCC(C)(O)CC1. The van der Waals surface area contributed by atoms with Crippen LogP contribution in [0.5, 0.6) is 0 Å². The van der Waals surface area contributed by atoms with Crippen LogP contribution in [0, 0.1) is 0 Å². The smallest absolute Gasteiger partial charge is 0.256 e. The average Bonchev–Trinajstić information content (AvgIpc) is 2.38. The first-order chi connectivity index (χ1) is 8.53. The predicted molar refractivity (Wildman–Crippen MR) is 69.5 cm³/mol. The second-order valence-corrected chi connectivity index (χ2v) is 4.96. The molecule has 1 amide bonds. The number of carbonyl (C=O) groups excluding carboxylic acids is 1. The molecule has 0 aromatic carbocycles. The zero-order chi connectivity index (χ0) is 13.2. The van der Waals surface area contributed by atoms with Gasteiger partial charge < -0.3 is 15.3 Å². The number of rotatable bonds is 2. The third-order valence-corrected chi connectivity index (χ3v) is 3.45. The Morgan fingerprint density at radius 2 is 2.17 bits per heavy atom. The summed E-state index contributed by atoms with van der Waals surface area (Å²) in [7, 11) is 1.77. The van der Waals surface area contributed by atoms with Crippen LogP contribution in [-0.4, -0.2) is 46.6 Å². The largest absolute Gasteiger partial charge is 0.390 e. The third-order valence-electron chi connectivity index (χ3n) is 3.45. The first kappa shape index (κ1) is 12.8. The van der Waals surface area contributed by atoms with Crippen LogP contribution in [0.3, 0.4) is 0 Å². The fraction of sp³-hybridized carbons (Fsp3) is 0.538. The van der Waals surface area contributed by atoms with Crippen molar-refractivity contribution >= 4 is 11.6 Å². The predicted octanol–water partition coefficient (Wildman–Crippen LogP) is 1.11. The molecule has 1 aliphatic rings. The van der Waals surface area contributed by atoms with Crippen LogP contribution in [0.15, 0.2) is 18.5 Å². The van der Waals surface area contributed by atoms with E-state index in [4.69, 9.17) is 0 Å². The van der Waals surface area contributed by atoms with Crippen molar-refractivity contribution in [2.75, 3.05) is 25.5 Å². The van der Waals surface area contributed by atoms with Crippen LogP contribution in [0.25, 0.3) is 0 Å². The van der Waals surface area contributed by atoms with Gasteiger partial charge >= 0.3 is 0 Å². The van der Waals surface area contributed by atoms with Crippen molar-refractivity contribution in [3.63, 3.8) is 0 Å². The summed E-state index contributed by atoms with van der Waals surface area (Å²) in [6.07, 6.45) is 4.51. The monoisotopic (exact) mass is 249 g/mol. The lowest BCUT2D eigenvalue weighted by molar-refractivity contribution is -0.00199. The summed E-state index contributed by atoms with van der Waals surface area (Å²) in [6, 6.07) is 1.72. The van der Waals surface area contributed by atoms with Crippen molar-refractivity contribution < 1.29 is 9.90 Å². The van der Waals surface area contributed by atoms with Gasteiger partial charge in [0.2, 0.25) is 0 Å². The van der Waals surface area contributed by atoms with E-state index < -0.39 is 5.60 Å². The molecule has 0 unspecified atom stereocenters. The Kier molecular flexibility index (Phi) is 3.52. The highest BCUT2D eigenvalue weighted by molar-refractivity contribution is 5.99. The summed E-state index contributed by atoms with van der Waals surface area (Å²) in [5.74, 6) is -0.00255. The molecule has 0 saturated carbocycles. The Morgan fingerprint density at radius 1 is 1.50 bits per heavy atom. The molecule has 18 heavy (non-hydrogen) atoms. The molecule has 1 saturated heterocycles. The van der Waals surface area contributed by atoms with E-state index >= 15 is 0 Å². The Bertz CT molecular complexity index is 436. The Balaban J connectivity index is 2.13. The fourth-order valence-corrected chi connectivity index (χ4v) is 2.14. The van der Waals surface area contributed by atoms with Gasteiger partial charge in [-0.05, 0) is 25.8 Å². The number of piperidine rings is 1. The number of pyridine rings is 1. The van der Waals surface area contributed by atoms with E-state index in [1.807, 2.05) is 6.92 Å². The molecular formula is C13H19N3O2. The number of nitrogens with one attached hydrogen (secondary N) is 1. The minimum absolute atomic E-state index is 0.00255. The van der Waals surface area contributed by atoms with Gasteiger partial charge in [-0.3, -0.25) is 9.78 Å². The maximum Gasteiger partial charge on any atom is 0.256 e. The number of hydrogen-bond acceptors (Lipinski definition) is 4. The fourth-order valence-electron chi connectivity index (χ4n) is 2.14. The lowest BCUT2D eigenvalue weighted by Gasteiger charge is -2.36. The molecule has 2 heterocycles. The topological polar surface area (TPSA) is 65.5 Å². The van der Waals surface area contributed by atoms with Crippen molar-refractivity contribution in [3.8, 4) is 0 Å². The summed E-state index contributed by atoms with van der Waals surface area (Å²) in [5, 5.41) is 12.9. The van der Waals surface area contributed by atoms with Crippen molar-refractivity contribution in [2.45, 2.75) is 25.4 Å². The molecule has 1 aromatic heterocycles. The number of carbonyl (C=O) groups is 1. The first-order valence-corrected chi connectivity index (χ1v) is 6.17. The van der Waals surface area contributed by atoms with Crippen LogP contribution in [-0.2, 0) is 0 Å². The molecule has 1 aliphatic heterocycles. The van der Waals surface area contributed by atoms with E-state index in [1.54, 1.807) is 30.4 Å². The average molecular weight is 249 g/mol. The van der Waals surface area contributed by atoms with E-state index in [9.17, 15) is 9.90 Å². The highest BCUT2D eigenvalue weighted by Crippen LogP contribution is 2.24. The quantitative estimate of drug-likeness (QED) is 0.824. The standard InChI is InChI=1S/C13H19N3O2/c1-13(18)4-7-16(8-5-13)12(17)10-3-6-15-9-11(10)14-2/h3,6,9,14,18H,4-5,7-8H2,1-2H3. The van der Waals surface area contributed by atoms with Gasteiger partial charge in [0.25, 0.3) is 5.91 Å². The maximum atomic E-state index is 12.4. The van der Waals surface area contributed by atoms with Gasteiger partial charge in [-0.2, -0.15) is 0 Å². The van der Waals surface area contributed by atoms with Gasteiger partial charge in [0.1, 0.15) is 0 Å². The molecule has 0 bridgehead atoms. The van der Waals surface area contributed by atoms with Crippen LogP contribution in [0.2, 0.25) is 0 Å². The lowest BCUT2D eigenvalue weighted by atomic mass is 9.93. The summed E-state index contributed by atoms with van der Waals surface area (Å²) in [4.78, 5) is 18.1. The van der Waals surface area contributed by atoms with E-state index in [0.29, 0.717) is 31.5 Å². The molecule has 0 spiro atoms. The molecule has 2 N–H and O–H groups in total. The third kappa shape index (κ3) is 2.61. The number of amides is 1. The van der Waals surface area contributed by atoms with Crippen molar-refractivity contribution in [2.24, 2.45) is 0 Å². The molecule has 2 rings (SSSR count). The van der Waals surface area contributed by atoms with Crippen molar-refractivity contribution in [1.29, 1.82) is 0 Å². The number of hydrogen-bond donors (Lipinski definition) is 2. The van der Waals surface area contributed by atoms with Gasteiger partial charge in [0.15, 0.2) is 0 Å². The molecule has 1 aromatic rings. The zero-order valence-corrected chi connectivity index (χ0v) is 10.8. The van der Waals surface area contributed by atoms with Gasteiger partial charge in [0, 0.05) is 26.3 Å². The van der Waals surface area contributed by atoms with Gasteiger partial charge in [-0.15, -0.1) is 0 Å². The Hall–Kier alpha value is -1.62. The highest BCUT2D eigenvalue weighted by Gasteiger charge is 2.30. The summed E-state index contributed by atoms with van der Waals surface area (Å²) in [6.45, 7) is 3.01. The molecular weight excluding hydrogens is 230 g/mol. The maximum absolute atomic E-state index is 12.4. The van der Waals surface area contributed by atoms with Crippen molar-refractivity contribution in [1.82, 2.24) is 9.88 Å². The Morgan fingerprint density at radius 3 is 2.78 bits per heavy atom.